The summed E-state index contributed by atoms with van der Waals surface area (Å²) in [6.07, 6.45) is 2.29. The highest BCUT2D eigenvalue weighted by Crippen LogP contribution is 2.62. The molecule has 2 aliphatic carbocycles. The van der Waals surface area contributed by atoms with Gasteiger partial charge in [0, 0.05) is 0 Å². The van der Waals surface area contributed by atoms with E-state index in [1.807, 2.05) is 0 Å². The molecule has 2 fully saturated rings. The van der Waals surface area contributed by atoms with E-state index in [0.717, 1.165) is 12.3 Å². The first-order valence-electron chi connectivity index (χ1n) is 5.94. The zero-order valence-corrected chi connectivity index (χ0v) is 9.43. The highest BCUT2D eigenvalue weighted by atomic mass is 16.5. The molecule has 0 radical (unpaired) electrons. The van der Waals surface area contributed by atoms with Crippen molar-refractivity contribution in [3.8, 4) is 0 Å². The average molecular weight is 216 g/mol. The molecule has 0 bridgehead atoms. The third kappa shape index (κ3) is 1.62. The van der Waals surface area contributed by atoms with Crippen LogP contribution in [0.2, 0.25) is 0 Å². The second-order valence-electron chi connectivity index (χ2n) is 4.95. The molecule has 16 heavy (non-hydrogen) atoms. The van der Waals surface area contributed by atoms with Gasteiger partial charge in [0.15, 0.2) is 0 Å². The summed E-state index contributed by atoms with van der Waals surface area (Å²) in [5.74, 6) is 2.21. The molecule has 2 heteroatoms. The zero-order chi connectivity index (χ0) is 11.1. The highest BCUT2D eigenvalue weighted by molar-refractivity contribution is 5.75. The number of ether oxygens (including phenoxy) is 1. The number of benzene rings is 1. The van der Waals surface area contributed by atoms with Gasteiger partial charge in [0.2, 0.25) is 0 Å². The predicted octanol–water partition coefficient (Wildman–Crippen LogP) is 2.60. The summed E-state index contributed by atoms with van der Waals surface area (Å²) in [4.78, 5) is 11.3. The average Bonchev–Trinajstić information content (AvgIpc) is 3.19. The van der Waals surface area contributed by atoms with Gasteiger partial charge in [-0.05, 0) is 36.2 Å². The Labute approximate surface area is 95.6 Å². The van der Waals surface area contributed by atoms with E-state index < -0.39 is 0 Å². The first-order valence-corrected chi connectivity index (χ1v) is 5.94. The molecule has 0 N–H and O–H groups in total. The standard InChI is InChI=1S/C14H16O2/c1-16-14(15)13-8-12(13)11-7-10(11)9-5-3-2-4-6-9/h2-6,10-13H,7-8H2,1H3/t10-,11+,12-,13+/m1/s1. The minimum Gasteiger partial charge on any atom is -0.469 e. The van der Waals surface area contributed by atoms with Crippen LogP contribution in [0.1, 0.15) is 24.3 Å². The fourth-order valence-corrected chi connectivity index (χ4v) is 2.88. The second kappa shape index (κ2) is 3.62. The van der Waals surface area contributed by atoms with Crippen molar-refractivity contribution in [2.24, 2.45) is 17.8 Å². The van der Waals surface area contributed by atoms with Gasteiger partial charge in [-0.1, -0.05) is 30.3 Å². The van der Waals surface area contributed by atoms with Crippen LogP contribution in [0.4, 0.5) is 0 Å². The summed E-state index contributed by atoms with van der Waals surface area (Å²) >= 11 is 0. The van der Waals surface area contributed by atoms with Gasteiger partial charge in [0.05, 0.1) is 13.0 Å². The van der Waals surface area contributed by atoms with Crippen LogP contribution in [-0.4, -0.2) is 13.1 Å². The highest BCUT2D eigenvalue weighted by Gasteiger charge is 2.56. The number of hydrogen-bond acceptors (Lipinski definition) is 2. The van der Waals surface area contributed by atoms with Gasteiger partial charge in [0.1, 0.15) is 0 Å². The summed E-state index contributed by atoms with van der Waals surface area (Å²) in [6.45, 7) is 0. The normalized spacial score (nSPS) is 35.6. The minimum absolute atomic E-state index is 0.0105. The lowest BCUT2D eigenvalue weighted by atomic mass is 10.1. The molecule has 3 rings (SSSR count). The van der Waals surface area contributed by atoms with Gasteiger partial charge in [-0.2, -0.15) is 0 Å². The number of esters is 1. The number of carbonyl (C=O) groups is 1. The topological polar surface area (TPSA) is 26.3 Å². The van der Waals surface area contributed by atoms with Crippen LogP contribution < -0.4 is 0 Å². The molecular weight excluding hydrogens is 200 g/mol. The lowest BCUT2D eigenvalue weighted by molar-refractivity contribution is -0.142. The lowest BCUT2D eigenvalue weighted by Crippen LogP contribution is -2.05. The Morgan fingerprint density at radius 2 is 1.94 bits per heavy atom. The Morgan fingerprint density at radius 3 is 2.62 bits per heavy atom. The van der Waals surface area contributed by atoms with Crippen LogP contribution in [0.15, 0.2) is 30.3 Å². The quantitative estimate of drug-likeness (QED) is 0.726. The molecule has 1 aromatic carbocycles. The van der Waals surface area contributed by atoms with Crippen LogP contribution in [0.3, 0.4) is 0 Å². The largest absolute Gasteiger partial charge is 0.469 e. The van der Waals surface area contributed by atoms with Gasteiger partial charge in [-0.3, -0.25) is 4.79 Å². The summed E-state index contributed by atoms with van der Waals surface area (Å²) in [5, 5.41) is 0. The van der Waals surface area contributed by atoms with Crippen molar-refractivity contribution in [1.82, 2.24) is 0 Å². The fourth-order valence-electron chi connectivity index (χ4n) is 2.88. The SMILES string of the molecule is COC(=O)[C@H]1C[C@@H]1[C@H]1C[C@@H]1c1ccccc1. The molecule has 0 unspecified atom stereocenters. The first kappa shape index (κ1) is 9.88. The summed E-state index contributed by atoms with van der Waals surface area (Å²) in [7, 11) is 1.49. The number of rotatable bonds is 3. The third-order valence-electron chi connectivity index (χ3n) is 3.96. The van der Waals surface area contributed by atoms with Crippen molar-refractivity contribution < 1.29 is 9.53 Å². The molecule has 4 atom stereocenters. The van der Waals surface area contributed by atoms with E-state index >= 15 is 0 Å². The fraction of sp³-hybridized carbons (Fsp3) is 0.500. The van der Waals surface area contributed by atoms with Gasteiger partial charge in [0.25, 0.3) is 0 Å². The van der Waals surface area contributed by atoms with E-state index in [9.17, 15) is 4.79 Å². The smallest absolute Gasteiger partial charge is 0.308 e. The third-order valence-corrected chi connectivity index (χ3v) is 3.96. The Kier molecular flexibility index (Phi) is 2.23. The van der Waals surface area contributed by atoms with Gasteiger partial charge in [-0.15, -0.1) is 0 Å². The van der Waals surface area contributed by atoms with Crippen molar-refractivity contribution in [2.75, 3.05) is 7.11 Å². The Balaban J connectivity index is 1.60. The van der Waals surface area contributed by atoms with E-state index in [4.69, 9.17) is 4.74 Å². The molecular formula is C14H16O2. The van der Waals surface area contributed by atoms with E-state index in [-0.39, 0.29) is 11.9 Å². The molecule has 0 amide bonds. The monoisotopic (exact) mass is 216 g/mol. The van der Waals surface area contributed by atoms with E-state index in [1.165, 1.54) is 19.1 Å². The molecule has 0 saturated heterocycles. The molecule has 2 nitrogen and oxygen atoms in total. The van der Waals surface area contributed by atoms with E-state index in [1.54, 1.807) is 0 Å². The molecule has 2 aliphatic rings. The van der Waals surface area contributed by atoms with Gasteiger partial charge >= 0.3 is 5.97 Å². The molecule has 1 aromatic rings. The number of carbonyl (C=O) groups excluding carboxylic acids is 1. The Hall–Kier alpha value is -1.31. The summed E-state index contributed by atoms with van der Waals surface area (Å²) in [6, 6.07) is 10.6. The van der Waals surface area contributed by atoms with Crippen molar-refractivity contribution in [3.05, 3.63) is 35.9 Å². The van der Waals surface area contributed by atoms with Crippen molar-refractivity contribution >= 4 is 5.97 Å². The first-order chi connectivity index (χ1) is 7.81. The molecule has 0 spiro atoms. The maximum Gasteiger partial charge on any atom is 0.308 e. The van der Waals surface area contributed by atoms with E-state index in [0.29, 0.717) is 11.8 Å². The number of methoxy groups -OCH3 is 1. The molecule has 0 aromatic heterocycles. The van der Waals surface area contributed by atoms with Crippen LogP contribution in [-0.2, 0) is 9.53 Å². The van der Waals surface area contributed by atoms with E-state index in [2.05, 4.69) is 30.3 Å². The van der Waals surface area contributed by atoms with Crippen LogP contribution in [0.5, 0.6) is 0 Å². The van der Waals surface area contributed by atoms with Crippen molar-refractivity contribution in [3.63, 3.8) is 0 Å². The van der Waals surface area contributed by atoms with Crippen LogP contribution in [0.25, 0.3) is 0 Å². The Bertz CT molecular complexity index is 398. The second-order valence-corrected chi connectivity index (χ2v) is 4.95. The van der Waals surface area contributed by atoms with Crippen LogP contribution >= 0.6 is 0 Å². The Morgan fingerprint density at radius 1 is 1.19 bits per heavy atom. The maximum atomic E-state index is 11.3. The number of hydrogen-bond donors (Lipinski definition) is 0. The van der Waals surface area contributed by atoms with Crippen LogP contribution in [0, 0.1) is 17.8 Å². The zero-order valence-electron chi connectivity index (χ0n) is 9.43. The summed E-state index contributed by atoms with van der Waals surface area (Å²) in [5.41, 5.74) is 1.43. The molecule has 0 heterocycles. The minimum atomic E-state index is -0.0105. The van der Waals surface area contributed by atoms with Gasteiger partial charge in [-0.25, -0.2) is 0 Å². The predicted molar refractivity (Wildman–Crippen MR) is 60.9 cm³/mol. The van der Waals surface area contributed by atoms with Crippen molar-refractivity contribution in [1.29, 1.82) is 0 Å². The maximum absolute atomic E-state index is 11.3. The van der Waals surface area contributed by atoms with Gasteiger partial charge < -0.3 is 4.74 Å². The summed E-state index contributed by atoms with van der Waals surface area (Å²) < 4.78 is 4.78. The molecule has 2 saturated carbocycles. The lowest BCUT2D eigenvalue weighted by Gasteiger charge is -1.99. The van der Waals surface area contributed by atoms with Crippen molar-refractivity contribution in [2.45, 2.75) is 18.8 Å². The molecule has 84 valence electrons. The molecule has 0 aliphatic heterocycles.